The number of esters is 1. The minimum absolute atomic E-state index is 0.263. The number of carbonyl (C=O) groups excluding carboxylic acids is 1. The third-order valence-corrected chi connectivity index (χ3v) is 3.53. The summed E-state index contributed by atoms with van der Waals surface area (Å²) in [5.41, 5.74) is 1.74. The molecule has 1 atom stereocenters. The summed E-state index contributed by atoms with van der Waals surface area (Å²) < 4.78 is 10.1. The van der Waals surface area contributed by atoms with Crippen LogP contribution in [0.1, 0.15) is 13.8 Å². The molecule has 2 aromatic rings. The van der Waals surface area contributed by atoms with Crippen molar-refractivity contribution in [1.82, 2.24) is 9.97 Å². The van der Waals surface area contributed by atoms with Gasteiger partial charge in [0.15, 0.2) is 5.16 Å². The number of carbonyl (C=O) groups is 1. The molecule has 1 aromatic carbocycles. The summed E-state index contributed by atoms with van der Waals surface area (Å²) >= 11 is 1.34. The maximum absolute atomic E-state index is 11.4. The number of nitrogens with zero attached hydrogens (tertiary/aromatic N) is 1. The Labute approximate surface area is 115 Å². The van der Waals surface area contributed by atoms with Crippen molar-refractivity contribution < 1.29 is 14.3 Å². The van der Waals surface area contributed by atoms with E-state index in [9.17, 15) is 4.79 Å². The number of rotatable bonds is 5. The van der Waals surface area contributed by atoms with Crippen molar-refractivity contribution in [3.63, 3.8) is 0 Å². The number of aromatic nitrogens is 2. The summed E-state index contributed by atoms with van der Waals surface area (Å²) in [6.07, 6.45) is 0. The minimum Gasteiger partial charge on any atom is -0.494 e. The first-order valence-corrected chi connectivity index (χ1v) is 6.89. The molecule has 0 bridgehead atoms. The number of nitrogens with one attached hydrogen (secondary N) is 1. The van der Waals surface area contributed by atoms with Gasteiger partial charge in [0.05, 0.1) is 24.8 Å². The van der Waals surface area contributed by atoms with Crippen molar-refractivity contribution >= 4 is 28.8 Å². The molecule has 1 unspecified atom stereocenters. The van der Waals surface area contributed by atoms with Crippen LogP contribution in [-0.4, -0.2) is 34.9 Å². The van der Waals surface area contributed by atoms with Crippen LogP contribution in [0.15, 0.2) is 23.4 Å². The SMILES string of the molecule is CCOc1ccc2nc(SC(C)C(=O)OC)[nH]c2c1. The van der Waals surface area contributed by atoms with Crippen LogP contribution in [0.3, 0.4) is 0 Å². The highest BCUT2D eigenvalue weighted by atomic mass is 32.2. The highest BCUT2D eigenvalue weighted by Gasteiger charge is 2.16. The largest absolute Gasteiger partial charge is 0.494 e. The zero-order valence-electron chi connectivity index (χ0n) is 11.1. The van der Waals surface area contributed by atoms with Gasteiger partial charge in [0.2, 0.25) is 0 Å². The number of fused-ring (bicyclic) bond motifs is 1. The van der Waals surface area contributed by atoms with Gasteiger partial charge in [-0.3, -0.25) is 4.79 Å². The maximum atomic E-state index is 11.4. The molecule has 2 rings (SSSR count). The predicted octanol–water partition coefficient (Wildman–Crippen LogP) is 2.62. The monoisotopic (exact) mass is 280 g/mol. The molecule has 0 aliphatic carbocycles. The number of methoxy groups -OCH3 is 1. The Morgan fingerprint density at radius 2 is 2.32 bits per heavy atom. The van der Waals surface area contributed by atoms with Crippen molar-refractivity contribution in [2.75, 3.05) is 13.7 Å². The van der Waals surface area contributed by atoms with Gasteiger partial charge in [-0.2, -0.15) is 0 Å². The Kier molecular flexibility index (Phi) is 4.31. The second kappa shape index (κ2) is 5.97. The van der Waals surface area contributed by atoms with E-state index in [4.69, 9.17) is 4.74 Å². The standard InChI is InChI=1S/C13H16N2O3S/c1-4-18-9-5-6-10-11(7-9)15-13(14-10)19-8(2)12(16)17-3/h5-8H,4H2,1-3H3,(H,14,15). The lowest BCUT2D eigenvalue weighted by molar-refractivity contribution is -0.139. The van der Waals surface area contributed by atoms with Crippen LogP contribution in [0.5, 0.6) is 5.75 Å². The van der Waals surface area contributed by atoms with Gasteiger partial charge in [-0.05, 0) is 26.0 Å². The van der Waals surface area contributed by atoms with E-state index in [0.717, 1.165) is 16.8 Å². The molecule has 0 aliphatic heterocycles. The molecule has 1 aromatic heterocycles. The first kappa shape index (κ1) is 13.7. The van der Waals surface area contributed by atoms with Crippen LogP contribution in [0, 0.1) is 0 Å². The molecule has 5 nitrogen and oxygen atoms in total. The molecule has 102 valence electrons. The average molecular weight is 280 g/mol. The normalized spacial score (nSPS) is 12.4. The Bertz CT molecular complexity index is 582. The fourth-order valence-electron chi connectivity index (χ4n) is 1.66. The van der Waals surface area contributed by atoms with Crippen LogP contribution in [0.25, 0.3) is 11.0 Å². The molecule has 19 heavy (non-hydrogen) atoms. The van der Waals surface area contributed by atoms with Crippen LogP contribution >= 0.6 is 11.8 Å². The number of hydrogen-bond acceptors (Lipinski definition) is 5. The van der Waals surface area contributed by atoms with Crippen LogP contribution in [0.4, 0.5) is 0 Å². The van der Waals surface area contributed by atoms with E-state index in [2.05, 4.69) is 14.7 Å². The van der Waals surface area contributed by atoms with Gasteiger partial charge >= 0.3 is 5.97 Å². The zero-order valence-corrected chi connectivity index (χ0v) is 11.9. The number of hydrogen-bond donors (Lipinski definition) is 1. The van der Waals surface area contributed by atoms with Crippen molar-refractivity contribution in [2.45, 2.75) is 24.3 Å². The van der Waals surface area contributed by atoms with Gasteiger partial charge in [0.1, 0.15) is 11.0 Å². The summed E-state index contributed by atoms with van der Waals surface area (Å²) in [5.74, 6) is 0.539. The minimum atomic E-state index is -0.295. The highest BCUT2D eigenvalue weighted by Crippen LogP contribution is 2.26. The van der Waals surface area contributed by atoms with Crippen molar-refractivity contribution in [3.8, 4) is 5.75 Å². The molecular weight excluding hydrogens is 264 g/mol. The molecule has 6 heteroatoms. The number of benzene rings is 1. The highest BCUT2D eigenvalue weighted by molar-refractivity contribution is 8.00. The van der Waals surface area contributed by atoms with Crippen LogP contribution in [-0.2, 0) is 9.53 Å². The van der Waals surface area contributed by atoms with E-state index >= 15 is 0 Å². The molecule has 0 fully saturated rings. The van der Waals surface area contributed by atoms with Gasteiger partial charge in [0, 0.05) is 6.07 Å². The third kappa shape index (κ3) is 3.20. The van der Waals surface area contributed by atoms with Gasteiger partial charge < -0.3 is 14.5 Å². The summed E-state index contributed by atoms with van der Waals surface area (Å²) in [6, 6.07) is 5.67. The van der Waals surface area contributed by atoms with E-state index in [1.54, 1.807) is 6.92 Å². The third-order valence-electron chi connectivity index (χ3n) is 2.56. The molecule has 0 aliphatic rings. The number of ether oxygens (including phenoxy) is 2. The molecule has 0 saturated carbocycles. The molecule has 0 spiro atoms. The number of imidazole rings is 1. The molecule has 1 N–H and O–H groups in total. The van der Waals surface area contributed by atoms with E-state index in [-0.39, 0.29) is 11.2 Å². The van der Waals surface area contributed by atoms with Gasteiger partial charge in [-0.15, -0.1) is 0 Å². The van der Waals surface area contributed by atoms with E-state index in [0.29, 0.717) is 11.8 Å². The predicted molar refractivity (Wildman–Crippen MR) is 74.6 cm³/mol. The molecule has 0 radical (unpaired) electrons. The van der Waals surface area contributed by atoms with E-state index in [1.807, 2.05) is 25.1 Å². The Balaban J connectivity index is 2.19. The van der Waals surface area contributed by atoms with E-state index in [1.165, 1.54) is 18.9 Å². The quantitative estimate of drug-likeness (QED) is 0.673. The van der Waals surface area contributed by atoms with Crippen molar-refractivity contribution in [1.29, 1.82) is 0 Å². The number of H-pyrrole nitrogens is 1. The zero-order chi connectivity index (χ0) is 13.8. The second-order valence-electron chi connectivity index (χ2n) is 3.94. The van der Waals surface area contributed by atoms with Gasteiger partial charge in [0.25, 0.3) is 0 Å². The smallest absolute Gasteiger partial charge is 0.318 e. The van der Waals surface area contributed by atoms with Crippen molar-refractivity contribution in [3.05, 3.63) is 18.2 Å². The average Bonchev–Trinajstić information content (AvgIpc) is 2.79. The van der Waals surface area contributed by atoms with Gasteiger partial charge in [-0.25, -0.2) is 4.98 Å². The molecule has 0 saturated heterocycles. The van der Waals surface area contributed by atoms with E-state index < -0.39 is 0 Å². The van der Waals surface area contributed by atoms with Gasteiger partial charge in [-0.1, -0.05) is 11.8 Å². The molecule has 1 heterocycles. The lowest BCUT2D eigenvalue weighted by Gasteiger charge is -2.05. The molecule has 0 amide bonds. The fourth-order valence-corrected chi connectivity index (χ4v) is 2.51. The summed E-state index contributed by atoms with van der Waals surface area (Å²) in [7, 11) is 1.38. The van der Waals surface area contributed by atoms with Crippen LogP contribution in [0.2, 0.25) is 0 Å². The Morgan fingerprint density at radius 3 is 3.00 bits per heavy atom. The topological polar surface area (TPSA) is 64.2 Å². The number of aromatic amines is 1. The lowest BCUT2D eigenvalue weighted by Crippen LogP contribution is -2.14. The fraction of sp³-hybridized carbons (Fsp3) is 0.385. The first-order chi connectivity index (χ1) is 9.13. The summed E-state index contributed by atoms with van der Waals surface area (Å²) in [6.45, 7) is 4.35. The van der Waals surface area contributed by atoms with Crippen molar-refractivity contribution in [2.24, 2.45) is 0 Å². The second-order valence-corrected chi connectivity index (χ2v) is 5.27. The first-order valence-electron chi connectivity index (χ1n) is 6.01. The summed E-state index contributed by atoms with van der Waals surface area (Å²) in [5, 5.41) is 0.401. The lowest BCUT2D eigenvalue weighted by atomic mass is 10.3. The maximum Gasteiger partial charge on any atom is 0.318 e. The summed E-state index contributed by atoms with van der Waals surface area (Å²) in [4.78, 5) is 18.9. The Morgan fingerprint density at radius 1 is 1.53 bits per heavy atom. The number of thioether (sulfide) groups is 1. The molecular formula is C13H16N2O3S. The van der Waals surface area contributed by atoms with Crippen LogP contribution < -0.4 is 4.74 Å². The Hall–Kier alpha value is -1.69.